The van der Waals surface area contributed by atoms with Gasteiger partial charge >= 0.3 is 6.03 Å². The van der Waals surface area contributed by atoms with E-state index in [0.717, 1.165) is 26.9 Å². The molecular weight excluding hydrogens is 350 g/mol. The van der Waals surface area contributed by atoms with E-state index in [1.807, 2.05) is 43.3 Å². The zero-order valence-electron chi connectivity index (χ0n) is 14.8. The van der Waals surface area contributed by atoms with Crippen LogP contribution in [0.4, 0.5) is 10.5 Å². The summed E-state index contributed by atoms with van der Waals surface area (Å²) >= 11 is 1.59. The normalized spacial score (nSPS) is 10.7. The van der Waals surface area contributed by atoms with Crippen LogP contribution < -0.4 is 5.32 Å². The van der Waals surface area contributed by atoms with Crippen molar-refractivity contribution >= 4 is 23.1 Å². The van der Waals surface area contributed by atoms with Crippen molar-refractivity contribution in [3.8, 4) is 0 Å². The highest BCUT2D eigenvalue weighted by Crippen LogP contribution is 2.16. The van der Waals surface area contributed by atoms with E-state index in [1.54, 1.807) is 35.7 Å². The number of urea groups is 1. The van der Waals surface area contributed by atoms with Gasteiger partial charge in [-0.05, 0) is 36.8 Å². The van der Waals surface area contributed by atoms with E-state index in [0.29, 0.717) is 19.8 Å². The molecule has 26 heavy (non-hydrogen) atoms. The second-order valence-corrected chi connectivity index (χ2v) is 7.22. The van der Waals surface area contributed by atoms with E-state index in [9.17, 15) is 4.79 Å². The molecule has 136 valence electrons. The number of nitrogens with one attached hydrogen (secondary N) is 1. The lowest BCUT2D eigenvalue weighted by Crippen LogP contribution is -2.30. The maximum absolute atomic E-state index is 12.4. The second kappa shape index (κ2) is 8.64. The van der Waals surface area contributed by atoms with Crippen molar-refractivity contribution in [2.75, 3.05) is 12.4 Å². The van der Waals surface area contributed by atoms with Crippen LogP contribution in [0.25, 0.3) is 0 Å². The van der Waals surface area contributed by atoms with Gasteiger partial charge in [0, 0.05) is 23.8 Å². The van der Waals surface area contributed by atoms with E-state index >= 15 is 0 Å². The van der Waals surface area contributed by atoms with Gasteiger partial charge in [0.25, 0.3) is 0 Å². The van der Waals surface area contributed by atoms with Gasteiger partial charge in [-0.2, -0.15) is 0 Å². The maximum atomic E-state index is 12.4. The first-order chi connectivity index (χ1) is 12.6. The van der Waals surface area contributed by atoms with Crippen molar-refractivity contribution in [3.63, 3.8) is 0 Å². The number of furan rings is 1. The van der Waals surface area contributed by atoms with Crippen LogP contribution in [-0.4, -0.2) is 23.0 Å². The Bertz CT molecular complexity index is 845. The van der Waals surface area contributed by atoms with Crippen LogP contribution >= 0.6 is 11.3 Å². The number of ether oxygens (including phenoxy) is 1. The third-order valence-electron chi connectivity index (χ3n) is 3.68. The Morgan fingerprint density at radius 1 is 1.31 bits per heavy atom. The number of hydrogen-bond acceptors (Lipinski definition) is 5. The van der Waals surface area contributed by atoms with Gasteiger partial charge in [0.05, 0.1) is 24.4 Å². The average Bonchev–Trinajstić information content (AvgIpc) is 3.27. The molecule has 0 aliphatic carbocycles. The highest BCUT2D eigenvalue weighted by atomic mass is 32.1. The van der Waals surface area contributed by atoms with Crippen molar-refractivity contribution in [2.24, 2.45) is 0 Å². The Morgan fingerprint density at radius 3 is 2.92 bits per heavy atom. The molecule has 0 bridgehead atoms. The zero-order chi connectivity index (χ0) is 18.4. The molecule has 3 aromatic rings. The van der Waals surface area contributed by atoms with Crippen LogP contribution in [0, 0.1) is 6.92 Å². The first kappa shape index (κ1) is 18.2. The van der Waals surface area contributed by atoms with Crippen LogP contribution in [-0.2, 0) is 24.5 Å². The smallest absolute Gasteiger partial charge is 0.321 e. The van der Waals surface area contributed by atoms with Crippen LogP contribution in [0.2, 0.25) is 0 Å². The molecule has 0 saturated heterocycles. The van der Waals surface area contributed by atoms with Crippen LogP contribution in [0.5, 0.6) is 0 Å². The standard InChI is InChI=1S/C19H21N3O3S/c1-14-20-10-18(26-14)11-22(2)19(23)21-16-6-3-5-15(9-16)12-24-13-17-7-4-8-25-17/h3-10H,11-13H2,1-2H3,(H,21,23). The first-order valence-electron chi connectivity index (χ1n) is 8.22. The molecule has 0 fully saturated rings. The van der Waals surface area contributed by atoms with E-state index in [2.05, 4.69) is 10.3 Å². The third-order valence-corrected chi connectivity index (χ3v) is 4.58. The molecule has 0 saturated carbocycles. The molecule has 0 atom stereocenters. The Morgan fingerprint density at radius 2 is 2.19 bits per heavy atom. The number of thiazole rings is 1. The minimum atomic E-state index is -0.162. The Balaban J connectivity index is 1.51. The number of aromatic nitrogens is 1. The van der Waals surface area contributed by atoms with Gasteiger partial charge in [0.2, 0.25) is 0 Å². The molecule has 2 heterocycles. The molecule has 1 N–H and O–H groups in total. The van der Waals surface area contributed by atoms with Crippen LogP contribution in [0.15, 0.2) is 53.3 Å². The van der Waals surface area contributed by atoms with E-state index in [-0.39, 0.29) is 6.03 Å². The number of carbonyl (C=O) groups is 1. The molecule has 2 aromatic heterocycles. The molecule has 7 heteroatoms. The predicted octanol–water partition coefficient (Wildman–Crippen LogP) is 4.43. The number of rotatable bonds is 7. The molecule has 0 unspecified atom stereocenters. The van der Waals surface area contributed by atoms with Crippen molar-refractivity contribution in [1.82, 2.24) is 9.88 Å². The minimum Gasteiger partial charge on any atom is -0.467 e. The molecule has 1 aromatic carbocycles. The summed E-state index contributed by atoms with van der Waals surface area (Å²) in [5.41, 5.74) is 1.72. The summed E-state index contributed by atoms with van der Waals surface area (Å²) in [5, 5.41) is 3.91. The number of aryl methyl sites for hydroxylation is 1. The van der Waals surface area contributed by atoms with Gasteiger partial charge in [0.1, 0.15) is 12.4 Å². The molecule has 3 rings (SSSR count). The number of amides is 2. The lowest BCUT2D eigenvalue weighted by Gasteiger charge is -2.17. The monoisotopic (exact) mass is 371 g/mol. The third kappa shape index (κ3) is 5.18. The molecule has 0 radical (unpaired) electrons. The highest BCUT2D eigenvalue weighted by Gasteiger charge is 2.11. The number of nitrogens with zero attached hydrogens (tertiary/aromatic N) is 2. The maximum Gasteiger partial charge on any atom is 0.321 e. The summed E-state index contributed by atoms with van der Waals surface area (Å²) < 4.78 is 10.9. The number of anilines is 1. The number of benzene rings is 1. The molecule has 6 nitrogen and oxygen atoms in total. The lowest BCUT2D eigenvalue weighted by atomic mass is 10.2. The van der Waals surface area contributed by atoms with Gasteiger partial charge in [-0.1, -0.05) is 12.1 Å². The quantitative estimate of drug-likeness (QED) is 0.667. The minimum absolute atomic E-state index is 0.162. The fraction of sp³-hybridized carbons (Fsp3) is 0.263. The predicted molar refractivity (Wildman–Crippen MR) is 101 cm³/mol. The van der Waals surface area contributed by atoms with Gasteiger partial charge in [-0.15, -0.1) is 11.3 Å². The van der Waals surface area contributed by atoms with Crippen molar-refractivity contribution in [3.05, 3.63) is 70.1 Å². The molecule has 0 spiro atoms. The highest BCUT2D eigenvalue weighted by molar-refractivity contribution is 7.11. The molecule has 2 amide bonds. The fourth-order valence-electron chi connectivity index (χ4n) is 2.41. The SMILES string of the molecule is Cc1ncc(CN(C)C(=O)Nc2cccc(COCc3ccco3)c2)s1. The molecule has 0 aliphatic rings. The molecular formula is C19H21N3O3S. The van der Waals surface area contributed by atoms with E-state index < -0.39 is 0 Å². The fourth-order valence-corrected chi connectivity index (χ4v) is 3.25. The van der Waals surface area contributed by atoms with Gasteiger partial charge < -0.3 is 19.4 Å². The van der Waals surface area contributed by atoms with Gasteiger partial charge in [-0.3, -0.25) is 0 Å². The van der Waals surface area contributed by atoms with Crippen molar-refractivity contribution < 1.29 is 13.9 Å². The Hall–Kier alpha value is -2.64. The van der Waals surface area contributed by atoms with Crippen LogP contribution in [0.1, 0.15) is 21.2 Å². The Kier molecular flexibility index (Phi) is 6.04. The van der Waals surface area contributed by atoms with Gasteiger partial charge in [0.15, 0.2) is 0 Å². The lowest BCUT2D eigenvalue weighted by molar-refractivity contribution is 0.0930. The second-order valence-electron chi connectivity index (χ2n) is 5.90. The Labute approximate surface area is 156 Å². The summed E-state index contributed by atoms with van der Waals surface area (Å²) in [6.07, 6.45) is 3.43. The summed E-state index contributed by atoms with van der Waals surface area (Å²) in [4.78, 5) is 19.3. The average molecular weight is 371 g/mol. The van der Waals surface area contributed by atoms with E-state index in [1.165, 1.54) is 0 Å². The van der Waals surface area contributed by atoms with Crippen molar-refractivity contribution in [2.45, 2.75) is 26.7 Å². The van der Waals surface area contributed by atoms with Crippen molar-refractivity contribution in [1.29, 1.82) is 0 Å². The summed E-state index contributed by atoms with van der Waals surface area (Å²) in [6, 6.07) is 11.2. The topological polar surface area (TPSA) is 67.6 Å². The first-order valence-corrected chi connectivity index (χ1v) is 9.04. The van der Waals surface area contributed by atoms with Crippen LogP contribution in [0.3, 0.4) is 0 Å². The van der Waals surface area contributed by atoms with E-state index in [4.69, 9.17) is 9.15 Å². The largest absolute Gasteiger partial charge is 0.467 e. The summed E-state index contributed by atoms with van der Waals surface area (Å²) in [6.45, 7) is 3.35. The zero-order valence-corrected chi connectivity index (χ0v) is 15.6. The summed E-state index contributed by atoms with van der Waals surface area (Å²) in [7, 11) is 1.76. The van der Waals surface area contributed by atoms with Gasteiger partial charge in [-0.25, -0.2) is 9.78 Å². The summed E-state index contributed by atoms with van der Waals surface area (Å²) in [5.74, 6) is 0.786. The molecule has 0 aliphatic heterocycles. The number of carbonyl (C=O) groups excluding carboxylic acids is 1. The number of hydrogen-bond donors (Lipinski definition) is 1.